The zero-order valence-corrected chi connectivity index (χ0v) is 22.3. The number of fused-ring (bicyclic) bond motifs is 1. The maximum atomic E-state index is 7.36. The van der Waals surface area contributed by atoms with Crippen molar-refractivity contribution < 1.29 is 9.47 Å². The Morgan fingerprint density at radius 2 is 2.03 bits per heavy atom. The number of rotatable bonds is 5. The first kappa shape index (κ1) is 24.3. The van der Waals surface area contributed by atoms with Gasteiger partial charge in [0.15, 0.2) is 0 Å². The number of allylic oxidation sites excluding steroid dienone is 1. The molecule has 2 aliphatic heterocycles. The molecule has 192 valence electrons. The van der Waals surface area contributed by atoms with Crippen LogP contribution < -0.4 is 0 Å². The molecule has 0 N–H and O–H groups in total. The number of methoxy groups -OCH3 is 1. The zero-order valence-electron chi connectivity index (χ0n) is 22.3. The highest BCUT2D eigenvalue weighted by Gasteiger charge is 2.59. The van der Waals surface area contributed by atoms with Gasteiger partial charge in [-0.15, -0.1) is 0 Å². The van der Waals surface area contributed by atoms with E-state index in [0.717, 1.165) is 32.4 Å². The van der Waals surface area contributed by atoms with Gasteiger partial charge in [-0.05, 0) is 111 Å². The molecule has 36 heavy (non-hydrogen) atoms. The normalized spacial score (nSPS) is 35.7. The summed E-state index contributed by atoms with van der Waals surface area (Å²) in [5.41, 5.74) is 4.39. The first-order valence-electron chi connectivity index (χ1n) is 14.2. The molecular formula is C32H42N2O2. The molecule has 1 aromatic heterocycles. The van der Waals surface area contributed by atoms with Crippen LogP contribution >= 0.6 is 0 Å². The molecule has 1 saturated heterocycles. The summed E-state index contributed by atoms with van der Waals surface area (Å²) in [5.74, 6) is 1.12. The third kappa shape index (κ3) is 4.15. The Morgan fingerprint density at radius 3 is 2.92 bits per heavy atom. The number of benzene rings is 1. The van der Waals surface area contributed by atoms with Crippen molar-refractivity contribution in [1.82, 2.24) is 9.88 Å². The van der Waals surface area contributed by atoms with Crippen molar-refractivity contribution in [3.05, 3.63) is 65.5 Å². The lowest BCUT2D eigenvalue weighted by atomic mass is 9.74. The van der Waals surface area contributed by atoms with Gasteiger partial charge in [0.25, 0.3) is 0 Å². The van der Waals surface area contributed by atoms with Gasteiger partial charge in [-0.2, -0.15) is 0 Å². The predicted octanol–water partition coefficient (Wildman–Crippen LogP) is 6.81. The molecular weight excluding hydrogens is 444 g/mol. The number of likely N-dealkylation sites (N-methyl/N-ethyl adjacent to an activating group) is 1. The van der Waals surface area contributed by atoms with E-state index >= 15 is 0 Å². The molecule has 0 radical (unpaired) electrons. The quantitative estimate of drug-likeness (QED) is 0.465. The van der Waals surface area contributed by atoms with Crippen LogP contribution in [0.15, 0.2) is 60.0 Å². The molecule has 4 aliphatic rings. The molecule has 0 amide bonds. The lowest BCUT2D eigenvalue weighted by Crippen LogP contribution is -2.51. The van der Waals surface area contributed by atoms with Gasteiger partial charge in [0.2, 0.25) is 0 Å². The molecule has 2 fully saturated rings. The van der Waals surface area contributed by atoms with E-state index in [-0.39, 0.29) is 11.2 Å². The Balaban J connectivity index is 1.24. The first-order chi connectivity index (χ1) is 17.5. The van der Waals surface area contributed by atoms with Crippen LogP contribution in [0.5, 0.6) is 0 Å². The highest BCUT2D eigenvalue weighted by atomic mass is 16.5. The van der Waals surface area contributed by atoms with Crippen molar-refractivity contribution in [2.75, 3.05) is 27.3 Å². The lowest BCUT2D eigenvalue weighted by molar-refractivity contribution is -0.116. The molecule has 4 nitrogen and oxygen atoms in total. The number of ether oxygens (including phenoxy) is 2. The van der Waals surface area contributed by atoms with Gasteiger partial charge in [0.05, 0.1) is 17.8 Å². The number of hydrogen-bond donors (Lipinski definition) is 0. The van der Waals surface area contributed by atoms with Crippen molar-refractivity contribution in [2.24, 2.45) is 5.92 Å². The van der Waals surface area contributed by atoms with E-state index in [2.05, 4.69) is 60.3 Å². The van der Waals surface area contributed by atoms with Gasteiger partial charge in [0.1, 0.15) is 0 Å². The molecule has 2 aliphatic carbocycles. The van der Waals surface area contributed by atoms with Gasteiger partial charge >= 0.3 is 0 Å². The predicted molar refractivity (Wildman–Crippen MR) is 146 cm³/mol. The van der Waals surface area contributed by atoms with E-state index in [1.165, 1.54) is 60.4 Å². The second-order valence-electron chi connectivity index (χ2n) is 11.9. The summed E-state index contributed by atoms with van der Waals surface area (Å²) < 4.78 is 12.7. The molecule has 2 aromatic rings. The maximum absolute atomic E-state index is 7.36. The van der Waals surface area contributed by atoms with Crippen molar-refractivity contribution >= 4 is 10.8 Å². The maximum Gasteiger partial charge on any atom is 0.0966 e. The smallest absolute Gasteiger partial charge is 0.0966 e. The molecule has 1 saturated carbocycles. The summed E-state index contributed by atoms with van der Waals surface area (Å²) in [6.07, 6.45) is 19.7. The Kier molecular flexibility index (Phi) is 6.56. The Labute approximate surface area is 216 Å². The number of hydrogen-bond acceptors (Lipinski definition) is 4. The van der Waals surface area contributed by atoms with Crippen LogP contribution in [-0.2, 0) is 9.47 Å². The van der Waals surface area contributed by atoms with Gasteiger partial charge in [-0.3, -0.25) is 4.98 Å². The van der Waals surface area contributed by atoms with E-state index in [0.29, 0.717) is 17.9 Å². The number of aromatic nitrogens is 1. The zero-order chi connectivity index (χ0) is 24.8. The van der Waals surface area contributed by atoms with Crippen LogP contribution in [0, 0.1) is 5.92 Å². The molecule has 2 bridgehead atoms. The summed E-state index contributed by atoms with van der Waals surface area (Å²) in [5, 5.41) is 2.54. The van der Waals surface area contributed by atoms with Gasteiger partial charge in [0, 0.05) is 37.5 Å². The Bertz CT molecular complexity index is 1170. The number of nitrogens with zero attached hydrogens (tertiary/aromatic N) is 2. The minimum Gasteiger partial charge on any atom is -0.383 e. The SMILES string of the molecule is COCCN(C)C1CCC2=C/C3=C/CCC(c4ccc5ccncc5c4)CC[C@H](C)[C@@]34CC[C@]2(C1)O4. The van der Waals surface area contributed by atoms with E-state index in [1.54, 1.807) is 12.7 Å². The first-order valence-corrected chi connectivity index (χ1v) is 14.2. The molecule has 1 aromatic carbocycles. The van der Waals surface area contributed by atoms with Gasteiger partial charge in [-0.1, -0.05) is 31.2 Å². The summed E-state index contributed by atoms with van der Waals surface area (Å²) in [6.45, 7) is 4.25. The Hall–Kier alpha value is -2.01. The van der Waals surface area contributed by atoms with E-state index < -0.39 is 0 Å². The van der Waals surface area contributed by atoms with Gasteiger partial charge in [-0.25, -0.2) is 0 Å². The van der Waals surface area contributed by atoms with Crippen molar-refractivity contribution in [1.29, 1.82) is 0 Å². The fourth-order valence-electron chi connectivity index (χ4n) is 7.71. The minimum atomic E-state index is -0.0985. The van der Waals surface area contributed by atoms with Crippen LogP contribution in [0.2, 0.25) is 0 Å². The molecule has 6 rings (SSSR count). The molecule has 2 unspecified atom stereocenters. The third-order valence-electron chi connectivity index (χ3n) is 10.0. The standard InChI is InChI=1S/C32H42N2O2/c1-23-7-8-24(26-10-9-25-13-16-33-22-27(25)19-26)5-4-6-29-20-28-11-12-30(34(2)17-18-35-3)21-31(28)14-15-32(23,29)36-31/h6,9-10,13,16,19-20,22-24,30H,4-5,7-8,11-12,14-15,17-18,21H2,1-3H3/b29-6-/t23-,24?,30?,31+,32-/m0/s1. The average Bonchev–Trinajstić information content (AvgIpc) is 3.25. The summed E-state index contributed by atoms with van der Waals surface area (Å²) in [4.78, 5) is 6.86. The fraction of sp³-hybridized carbons (Fsp3) is 0.594. The topological polar surface area (TPSA) is 34.6 Å². The van der Waals surface area contributed by atoms with Crippen LogP contribution in [0.1, 0.15) is 76.2 Å². The van der Waals surface area contributed by atoms with Crippen molar-refractivity contribution in [3.63, 3.8) is 0 Å². The fourth-order valence-corrected chi connectivity index (χ4v) is 7.71. The second-order valence-corrected chi connectivity index (χ2v) is 11.9. The van der Waals surface area contributed by atoms with E-state index in [9.17, 15) is 0 Å². The third-order valence-corrected chi connectivity index (χ3v) is 10.0. The average molecular weight is 487 g/mol. The van der Waals surface area contributed by atoms with Crippen LogP contribution in [0.4, 0.5) is 0 Å². The van der Waals surface area contributed by atoms with E-state index in [4.69, 9.17) is 9.47 Å². The molecule has 2 spiro atoms. The van der Waals surface area contributed by atoms with Crippen molar-refractivity contribution in [3.8, 4) is 0 Å². The number of pyridine rings is 1. The van der Waals surface area contributed by atoms with Crippen LogP contribution in [-0.4, -0.2) is 54.4 Å². The lowest BCUT2D eigenvalue weighted by Gasteiger charge is -2.49. The minimum absolute atomic E-state index is 0.0470. The highest BCUT2D eigenvalue weighted by Crippen LogP contribution is 2.59. The summed E-state index contributed by atoms with van der Waals surface area (Å²) in [6, 6.07) is 9.70. The largest absolute Gasteiger partial charge is 0.383 e. The summed E-state index contributed by atoms with van der Waals surface area (Å²) >= 11 is 0. The Morgan fingerprint density at radius 1 is 1.11 bits per heavy atom. The monoisotopic (exact) mass is 486 g/mol. The highest BCUT2D eigenvalue weighted by molar-refractivity contribution is 5.82. The van der Waals surface area contributed by atoms with Gasteiger partial charge < -0.3 is 14.4 Å². The molecule has 4 heteroatoms. The summed E-state index contributed by atoms with van der Waals surface area (Å²) in [7, 11) is 4.06. The van der Waals surface area contributed by atoms with Crippen molar-refractivity contribution in [2.45, 2.75) is 87.9 Å². The molecule has 5 atom stereocenters. The van der Waals surface area contributed by atoms with Crippen LogP contribution in [0.25, 0.3) is 10.8 Å². The van der Waals surface area contributed by atoms with E-state index in [1.807, 2.05) is 12.4 Å². The second kappa shape index (κ2) is 9.70. The van der Waals surface area contributed by atoms with Crippen LogP contribution in [0.3, 0.4) is 0 Å². The molecule has 3 heterocycles.